The highest BCUT2D eigenvalue weighted by atomic mass is 32.2. The Morgan fingerprint density at radius 1 is 1.04 bits per heavy atom. The quantitative estimate of drug-likeness (QED) is 0.750. The van der Waals surface area contributed by atoms with E-state index in [1.54, 1.807) is 12.1 Å². The maximum atomic E-state index is 12.8. The van der Waals surface area contributed by atoms with Gasteiger partial charge >= 0.3 is 0 Å². The highest BCUT2D eigenvalue weighted by molar-refractivity contribution is 7.89. The standard InChI is InChI=1S/C20H29N3O3S/c1-15-7-12-19(26-6)20(13-15)27(24,25)21-14-18(23(4)5)16-8-10-17(11-9-16)22(2)3/h7-13,18,21H,14H2,1-6H3. The fourth-order valence-corrected chi connectivity index (χ4v) is 4.14. The van der Waals surface area contributed by atoms with Crippen LogP contribution in [0.2, 0.25) is 0 Å². The van der Waals surface area contributed by atoms with Crippen LogP contribution in [0.25, 0.3) is 0 Å². The van der Waals surface area contributed by atoms with Crippen molar-refractivity contribution in [3.63, 3.8) is 0 Å². The number of rotatable bonds is 8. The Balaban J connectivity index is 2.24. The van der Waals surface area contributed by atoms with Gasteiger partial charge in [-0.3, -0.25) is 0 Å². The van der Waals surface area contributed by atoms with Gasteiger partial charge in [0.25, 0.3) is 0 Å². The van der Waals surface area contributed by atoms with Gasteiger partial charge in [-0.1, -0.05) is 18.2 Å². The van der Waals surface area contributed by atoms with Crippen LogP contribution >= 0.6 is 0 Å². The summed E-state index contributed by atoms with van der Waals surface area (Å²) in [6.07, 6.45) is 0. The van der Waals surface area contributed by atoms with Gasteiger partial charge in [-0.25, -0.2) is 13.1 Å². The van der Waals surface area contributed by atoms with Crippen molar-refractivity contribution in [2.75, 3.05) is 46.7 Å². The Hall–Kier alpha value is -2.09. The Morgan fingerprint density at radius 2 is 1.67 bits per heavy atom. The summed E-state index contributed by atoms with van der Waals surface area (Å²) in [4.78, 5) is 4.19. The van der Waals surface area contributed by atoms with E-state index >= 15 is 0 Å². The molecule has 1 N–H and O–H groups in total. The van der Waals surface area contributed by atoms with Crippen LogP contribution in [0.15, 0.2) is 47.4 Å². The number of ether oxygens (including phenoxy) is 1. The van der Waals surface area contributed by atoms with Crippen molar-refractivity contribution in [2.24, 2.45) is 0 Å². The highest BCUT2D eigenvalue weighted by Gasteiger charge is 2.23. The second-order valence-electron chi connectivity index (χ2n) is 6.97. The summed E-state index contributed by atoms with van der Waals surface area (Å²) < 4.78 is 33.7. The number of sulfonamides is 1. The minimum atomic E-state index is -3.69. The predicted octanol–water partition coefficient (Wildman–Crippen LogP) is 2.65. The third-order valence-electron chi connectivity index (χ3n) is 4.49. The summed E-state index contributed by atoms with van der Waals surface area (Å²) >= 11 is 0. The topological polar surface area (TPSA) is 61.9 Å². The molecule has 27 heavy (non-hydrogen) atoms. The summed E-state index contributed by atoms with van der Waals surface area (Å²) in [5, 5.41) is 0. The molecule has 2 aromatic carbocycles. The van der Waals surface area contributed by atoms with Crippen molar-refractivity contribution < 1.29 is 13.2 Å². The van der Waals surface area contributed by atoms with Crippen molar-refractivity contribution in [1.82, 2.24) is 9.62 Å². The van der Waals surface area contributed by atoms with Gasteiger partial charge in [0, 0.05) is 32.4 Å². The number of nitrogens with zero attached hydrogens (tertiary/aromatic N) is 2. The van der Waals surface area contributed by atoms with Crippen molar-refractivity contribution in [2.45, 2.75) is 17.9 Å². The van der Waals surface area contributed by atoms with E-state index in [0.717, 1.165) is 16.8 Å². The summed E-state index contributed by atoms with van der Waals surface area (Å²) in [5.74, 6) is 0.338. The molecule has 148 valence electrons. The number of likely N-dealkylation sites (N-methyl/N-ethyl adjacent to an activating group) is 1. The fourth-order valence-electron chi connectivity index (χ4n) is 2.85. The summed E-state index contributed by atoms with van der Waals surface area (Å²) in [6, 6.07) is 13.2. The zero-order valence-corrected chi connectivity index (χ0v) is 17.7. The minimum Gasteiger partial charge on any atom is -0.495 e. The second-order valence-corrected chi connectivity index (χ2v) is 8.71. The predicted molar refractivity (Wildman–Crippen MR) is 110 cm³/mol. The van der Waals surface area contributed by atoms with Gasteiger partial charge in [-0.15, -0.1) is 0 Å². The molecule has 0 aromatic heterocycles. The average Bonchev–Trinajstić information content (AvgIpc) is 2.62. The van der Waals surface area contributed by atoms with E-state index in [1.807, 2.05) is 75.2 Å². The molecule has 0 bridgehead atoms. The molecular weight excluding hydrogens is 362 g/mol. The van der Waals surface area contributed by atoms with Crippen molar-refractivity contribution in [3.05, 3.63) is 53.6 Å². The lowest BCUT2D eigenvalue weighted by Crippen LogP contribution is -2.34. The first-order valence-electron chi connectivity index (χ1n) is 8.73. The smallest absolute Gasteiger partial charge is 0.244 e. The number of methoxy groups -OCH3 is 1. The van der Waals surface area contributed by atoms with Gasteiger partial charge < -0.3 is 14.5 Å². The number of aryl methyl sites for hydroxylation is 1. The normalized spacial score (nSPS) is 12.9. The summed E-state index contributed by atoms with van der Waals surface area (Å²) in [7, 11) is 5.63. The zero-order valence-electron chi connectivity index (χ0n) is 16.9. The summed E-state index contributed by atoms with van der Waals surface area (Å²) in [5.41, 5.74) is 3.01. The molecule has 0 amide bonds. The molecule has 0 radical (unpaired) electrons. The van der Waals surface area contributed by atoms with Crippen LogP contribution in [0.3, 0.4) is 0 Å². The molecule has 1 unspecified atom stereocenters. The maximum absolute atomic E-state index is 12.8. The first-order chi connectivity index (χ1) is 12.7. The van der Waals surface area contributed by atoms with Gasteiger partial charge in [-0.2, -0.15) is 0 Å². The number of hydrogen-bond donors (Lipinski definition) is 1. The van der Waals surface area contributed by atoms with E-state index in [2.05, 4.69) is 4.72 Å². The molecule has 2 aromatic rings. The molecule has 7 heteroatoms. The van der Waals surface area contributed by atoms with E-state index in [-0.39, 0.29) is 17.5 Å². The third-order valence-corrected chi connectivity index (χ3v) is 5.94. The molecule has 0 aliphatic rings. The molecular formula is C20H29N3O3S. The molecule has 6 nitrogen and oxygen atoms in total. The van der Waals surface area contributed by atoms with E-state index < -0.39 is 10.0 Å². The van der Waals surface area contributed by atoms with Gasteiger partial charge in [0.1, 0.15) is 10.6 Å². The van der Waals surface area contributed by atoms with Crippen molar-refractivity contribution >= 4 is 15.7 Å². The first kappa shape index (κ1) is 21.2. The van der Waals surface area contributed by atoms with Crippen LogP contribution in [-0.2, 0) is 10.0 Å². The van der Waals surface area contributed by atoms with Crippen LogP contribution in [0.1, 0.15) is 17.2 Å². The molecule has 0 saturated carbocycles. The SMILES string of the molecule is COc1ccc(C)cc1S(=O)(=O)NCC(c1ccc(N(C)C)cc1)N(C)C. The third kappa shape index (κ3) is 5.22. The maximum Gasteiger partial charge on any atom is 0.244 e. The van der Waals surface area contributed by atoms with Gasteiger partial charge in [-0.05, 0) is 56.4 Å². The largest absolute Gasteiger partial charge is 0.495 e. The van der Waals surface area contributed by atoms with Crippen molar-refractivity contribution in [1.29, 1.82) is 0 Å². The zero-order chi connectivity index (χ0) is 20.2. The summed E-state index contributed by atoms with van der Waals surface area (Å²) in [6.45, 7) is 2.11. The van der Waals surface area contributed by atoms with E-state index in [1.165, 1.54) is 7.11 Å². The van der Waals surface area contributed by atoms with E-state index in [9.17, 15) is 8.42 Å². The number of nitrogens with one attached hydrogen (secondary N) is 1. The number of hydrogen-bond acceptors (Lipinski definition) is 5. The van der Waals surface area contributed by atoms with Gasteiger partial charge in [0.2, 0.25) is 10.0 Å². The molecule has 0 heterocycles. The molecule has 0 aliphatic carbocycles. The lowest BCUT2D eigenvalue weighted by atomic mass is 10.1. The lowest BCUT2D eigenvalue weighted by Gasteiger charge is -2.26. The molecule has 2 rings (SSSR count). The monoisotopic (exact) mass is 391 g/mol. The molecule has 0 spiro atoms. The average molecular weight is 392 g/mol. The fraction of sp³-hybridized carbons (Fsp3) is 0.400. The van der Waals surface area contributed by atoms with Crippen LogP contribution < -0.4 is 14.4 Å². The van der Waals surface area contributed by atoms with Gasteiger partial charge in [0.15, 0.2) is 0 Å². The van der Waals surface area contributed by atoms with E-state index in [0.29, 0.717) is 5.75 Å². The Labute approximate surface area is 162 Å². The lowest BCUT2D eigenvalue weighted by molar-refractivity contribution is 0.299. The van der Waals surface area contributed by atoms with Crippen LogP contribution in [0.4, 0.5) is 5.69 Å². The van der Waals surface area contributed by atoms with Gasteiger partial charge in [0.05, 0.1) is 7.11 Å². The van der Waals surface area contributed by atoms with Crippen LogP contribution in [0, 0.1) is 6.92 Å². The Morgan fingerprint density at radius 3 is 2.19 bits per heavy atom. The first-order valence-corrected chi connectivity index (χ1v) is 10.2. The molecule has 1 atom stereocenters. The molecule has 0 aliphatic heterocycles. The molecule has 0 saturated heterocycles. The van der Waals surface area contributed by atoms with Crippen LogP contribution in [0.5, 0.6) is 5.75 Å². The Kier molecular flexibility index (Phi) is 6.86. The highest BCUT2D eigenvalue weighted by Crippen LogP contribution is 2.26. The van der Waals surface area contributed by atoms with E-state index in [4.69, 9.17) is 4.74 Å². The molecule has 0 fully saturated rings. The number of benzene rings is 2. The van der Waals surface area contributed by atoms with Crippen molar-refractivity contribution in [3.8, 4) is 5.75 Å². The van der Waals surface area contributed by atoms with Crippen LogP contribution in [-0.4, -0.2) is 55.2 Å². The minimum absolute atomic E-state index is 0.0909. The number of anilines is 1. The second kappa shape index (κ2) is 8.73. The Bertz CT molecular complexity index is 863.